The summed E-state index contributed by atoms with van der Waals surface area (Å²) in [5.74, 6) is -0.606. The maximum atomic E-state index is 12.3. The van der Waals surface area contributed by atoms with Crippen molar-refractivity contribution in [3.05, 3.63) is 62.7 Å². The molecular formula is C15H12ClN3O5. The number of nitrogens with zero attached hydrogens (tertiary/aromatic N) is 1. The van der Waals surface area contributed by atoms with Crippen LogP contribution in [-0.4, -0.2) is 22.0 Å². The molecule has 0 aromatic heterocycles. The number of hydrogen-bond acceptors (Lipinski definition) is 4. The number of carbonyl (C=O) groups is 2. The molecule has 0 unspecified atom stereocenters. The molecule has 0 saturated heterocycles. The van der Waals surface area contributed by atoms with Gasteiger partial charge in [-0.15, -0.1) is 0 Å². The van der Waals surface area contributed by atoms with Crippen LogP contribution >= 0.6 is 11.6 Å². The predicted octanol–water partition coefficient (Wildman–Crippen LogP) is 3.90. The van der Waals surface area contributed by atoms with Crippen molar-refractivity contribution in [1.82, 2.24) is 0 Å². The van der Waals surface area contributed by atoms with Crippen LogP contribution in [-0.2, 0) is 0 Å². The van der Waals surface area contributed by atoms with Crippen molar-refractivity contribution >= 4 is 40.7 Å². The largest absolute Gasteiger partial charge is 0.465 e. The maximum absolute atomic E-state index is 12.3. The monoisotopic (exact) mass is 349 g/mol. The van der Waals surface area contributed by atoms with Gasteiger partial charge in [0.25, 0.3) is 11.6 Å². The third-order valence-electron chi connectivity index (χ3n) is 3.13. The first-order valence-electron chi connectivity index (χ1n) is 6.64. The quantitative estimate of drug-likeness (QED) is 0.570. The molecule has 2 amide bonds. The summed E-state index contributed by atoms with van der Waals surface area (Å²) in [7, 11) is 0. The van der Waals surface area contributed by atoms with Crippen molar-refractivity contribution in [2.45, 2.75) is 6.92 Å². The Morgan fingerprint density at radius 1 is 1.17 bits per heavy atom. The Kier molecular flexibility index (Phi) is 5.00. The Bertz CT molecular complexity index is 838. The van der Waals surface area contributed by atoms with Crippen molar-refractivity contribution in [3.8, 4) is 0 Å². The second-order valence-corrected chi connectivity index (χ2v) is 5.24. The van der Waals surface area contributed by atoms with Crippen molar-refractivity contribution in [2.24, 2.45) is 0 Å². The van der Waals surface area contributed by atoms with Gasteiger partial charge in [0, 0.05) is 23.5 Å². The number of rotatable bonds is 4. The number of hydrogen-bond donors (Lipinski definition) is 3. The number of nitrogens with one attached hydrogen (secondary N) is 2. The van der Waals surface area contributed by atoms with Gasteiger partial charge >= 0.3 is 6.09 Å². The van der Waals surface area contributed by atoms with E-state index in [2.05, 4.69) is 10.6 Å². The fourth-order valence-corrected chi connectivity index (χ4v) is 2.20. The van der Waals surface area contributed by atoms with Gasteiger partial charge in [-0.05, 0) is 36.8 Å². The Hall–Kier alpha value is -3.13. The first kappa shape index (κ1) is 17.2. The topological polar surface area (TPSA) is 122 Å². The van der Waals surface area contributed by atoms with Crippen LogP contribution in [0.3, 0.4) is 0 Å². The molecule has 0 heterocycles. The third kappa shape index (κ3) is 3.99. The van der Waals surface area contributed by atoms with Crippen molar-refractivity contribution in [3.63, 3.8) is 0 Å². The highest BCUT2D eigenvalue weighted by Crippen LogP contribution is 2.25. The molecule has 24 heavy (non-hydrogen) atoms. The lowest BCUT2D eigenvalue weighted by Crippen LogP contribution is -2.14. The van der Waals surface area contributed by atoms with Gasteiger partial charge in [-0.2, -0.15) is 0 Å². The van der Waals surface area contributed by atoms with Crippen LogP contribution < -0.4 is 10.6 Å². The Morgan fingerprint density at radius 2 is 1.88 bits per heavy atom. The predicted molar refractivity (Wildman–Crippen MR) is 88.9 cm³/mol. The number of aryl methyl sites for hydroxylation is 1. The smallest absolute Gasteiger partial charge is 0.409 e. The average molecular weight is 350 g/mol. The summed E-state index contributed by atoms with van der Waals surface area (Å²) in [6.07, 6.45) is -1.20. The van der Waals surface area contributed by atoms with Gasteiger partial charge in [0.05, 0.1) is 15.5 Å². The summed E-state index contributed by atoms with van der Waals surface area (Å²) >= 11 is 5.93. The molecule has 0 aliphatic carbocycles. The molecule has 3 N–H and O–H groups in total. The fourth-order valence-electron chi connectivity index (χ4n) is 2.00. The minimum absolute atomic E-state index is 0.0296. The molecule has 0 bridgehead atoms. The molecule has 0 radical (unpaired) electrons. The van der Waals surface area contributed by atoms with Gasteiger partial charge in [0.15, 0.2) is 0 Å². The zero-order valence-electron chi connectivity index (χ0n) is 12.4. The van der Waals surface area contributed by atoms with E-state index in [9.17, 15) is 19.7 Å². The number of carbonyl (C=O) groups excluding carboxylic acids is 1. The lowest BCUT2D eigenvalue weighted by molar-refractivity contribution is -0.384. The maximum Gasteiger partial charge on any atom is 0.409 e. The molecule has 2 aromatic carbocycles. The van der Waals surface area contributed by atoms with E-state index in [4.69, 9.17) is 16.7 Å². The molecule has 0 aliphatic heterocycles. The number of nitro benzene ring substituents is 1. The molecule has 8 nitrogen and oxygen atoms in total. The zero-order chi connectivity index (χ0) is 17.9. The minimum atomic E-state index is -1.20. The number of amides is 2. The number of benzene rings is 2. The molecule has 0 saturated carbocycles. The van der Waals surface area contributed by atoms with E-state index in [1.165, 1.54) is 24.3 Å². The molecule has 0 spiro atoms. The van der Waals surface area contributed by atoms with Crippen LogP contribution in [0.1, 0.15) is 15.9 Å². The number of nitro groups is 1. The first-order valence-corrected chi connectivity index (χ1v) is 7.01. The Balaban J connectivity index is 2.25. The average Bonchev–Trinajstić information content (AvgIpc) is 2.49. The fraction of sp³-hybridized carbons (Fsp3) is 0.0667. The molecule has 0 atom stereocenters. The molecule has 124 valence electrons. The van der Waals surface area contributed by atoms with Gasteiger partial charge in [-0.3, -0.25) is 20.2 Å². The standard InChI is InChI=1S/C15H12ClN3O5/c1-8-6-9(17-15(21)22)2-5-13(8)18-14(20)11-7-10(19(23)24)3-4-12(11)16/h2-7,17H,1H3,(H,18,20)(H,21,22). The second-order valence-electron chi connectivity index (χ2n) is 4.84. The molecule has 9 heteroatoms. The van der Waals surface area contributed by atoms with E-state index >= 15 is 0 Å². The molecule has 0 fully saturated rings. The summed E-state index contributed by atoms with van der Waals surface area (Å²) in [5.41, 5.74) is 1.11. The zero-order valence-corrected chi connectivity index (χ0v) is 13.1. The molecule has 2 rings (SSSR count). The lowest BCUT2D eigenvalue weighted by Gasteiger charge is -2.11. The number of carboxylic acid groups (broad SMARTS) is 1. The second kappa shape index (κ2) is 6.97. The highest BCUT2D eigenvalue weighted by molar-refractivity contribution is 6.34. The van der Waals surface area contributed by atoms with Crippen molar-refractivity contribution in [2.75, 3.05) is 10.6 Å². The summed E-state index contributed by atoms with van der Waals surface area (Å²) in [5, 5.41) is 24.3. The highest BCUT2D eigenvalue weighted by atomic mass is 35.5. The van der Waals surface area contributed by atoms with Crippen LogP contribution in [0.2, 0.25) is 5.02 Å². The van der Waals surface area contributed by atoms with E-state index in [-0.39, 0.29) is 16.3 Å². The van der Waals surface area contributed by atoms with Crippen molar-refractivity contribution in [1.29, 1.82) is 0 Å². The van der Waals surface area contributed by atoms with Gasteiger partial charge < -0.3 is 10.4 Å². The lowest BCUT2D eigenvalue weighted by atomic mass is 10.1. The van der Waals surface area contributed by atoms with Gasteiger partial charge in [-0.25, -0.2) is 4.79 Å². The van der Waals surface area contributed by atoms with Crippen LogP contribution in [0.4, 0.5) is 21.9 Å². The number of non-ortho nitro benzene ring substituents is 1. The van der Waals surface area contributed by atoms with Crippen LogP contribution in [0.25, 0.3) is 0 Å². The Morgan fingerprint density at radius 3 is 2.46 bits per heavy atom. The summed E-state index contributed by atoms with van der Waals surface area (Å²) < 4.78 is 0. The van der Waals surface area contributed by atoms with E-state index in [1.54, 1.807) is 13.0 Å². The van der Waals surface area contributed by atoms with Crippen molar-refractivity contribution < 1.29 is 19.6 Å². The summed E-state index contributed by atoms with van der Waals surface area (Å²) in [4.78, 5) is 33.1. The van der Waals surface area contributed by atoms with E-state index in [0.29, 0.717) is 16.9 Å². The third-order valence-corrected chi connectivity index (χ3v) is 3.46. The van der Waals surface area contributed by atoms with E-state index < -0.39 is 16.9 Å². The summed E-state index contributed by atoms with van der Waals surface area (Å²) in [6.45, 7) is 1.68. The van der Waals surface area contributed by atoms with Crippen LogP contribution in [0.5, 0.6) is 0 Å². The number of anilines is 2. The Labute approximate surface area is 141 Å². The van der Waals surface area contributed by atoms with Gasteiger partial charge in [-0.1, -0.05) is 11.6 Å². The van der Waals surface area contributed by atoms with E-state index in [1.807, 2.05) is 0 Å². The number of halogens is 1. The SMILES string of the molecule is Cc1cc(NC(=O)O)ccc1NC(=O)c1cc([N+](=O)[O-])ccc1Cl. The van der Waals surface area contributed by atoms with E-state index in [0.717, 1.165) is 6.07 Å². The molecule has 2 aromatic rings. The van der Waals surface area contributed by atoms with Crippen LogP contribution in [0.15, 0.2) is 36.4 Å². The minimum Gasteiger partial charge on any atom is -0.465 e. The van der Waals surface area contributed by atoms with Crippen LogP contribution in [0, 0.1) is 17.0 Å². The first-order chi connectivity index (χ1) is 11.3. The molecular weight excluding hydrogens is 338 g/mol. The molecule has 0 aliphatic rings. The highest BCUT2D eigenvalue weighted by Gasteiger charge is 2.16. The summed E-state index contributed by atoms with van der Waals surface area (Å²) in [6, 6.07) is 8.11. The van der Waals surface area contributed by atoms with Gasteiger partial charge in [0.2, 0.25) is 0 Å². The normalized spacial score (nSPS) is 10.1. The van der Waals surface area contributed by atoms with Gasteiger partial charge in [0.1, 0.15) is 0 Å².